The molecule has 2 rings (SSSR count). The van der Waals surface area contributed by atoms with Crippen molar-refractivity contribution in [1.29, 1.82) is 0 Å². The minimum absolute atomic E-state index is 0.210. The van der Waals surface area contributed by atoms with E-state index in [-0.39, 0.29) is 11.5 Å². The SMILES string of the molecule is NC(=O)C(NC1CC1)c1ccc(O)c(O)c1. The predicted octanol–water partition coefficient (Wildman–Crippen LogP) is 0.376. The number of nitrogens with one attached hydrogen (secondary N) is 1. The number of nitrogens with two attached hydrogens (primary N) is 1. The topological polar surface area (TPSA) is 95.6 Å². The summed E-state index contributed by atoms with van der Waals surface area (Å²) < 4.78 is 0. The highest BCUT2D eigenvalue weighted by atomic mass is 16.3. The zero-order valence-corrected chi connectivity index (χ0v) is 8.68. The van der Waals surface area contributed by atoms with Crippen molar-refractivity contribution in [2.75, 3.05) is 0 Å². The van der Waals surface area contributed by atoms with Gasteiger partial charge in [0.15, 0.2) is 11.5 Å². The van der Waals surface area contributed by atoms with Crippen LogP contribution in [0.5, 0.6) is 11.5 Å². The molecule has 1 aromatic carbocycles. The lowest BCUT2D eigenvalue weighted by molar-refractivity contribution is -0.120. The van der Waals surface area contributed by atoms with Crippen LogP contribution in [0, 0.1) is 0 Å². The highest BCUT2D eigenvalue weighted by molar-refractivity contribution is 5.81. The van der Waals surface area contributed by atoms with Gasteiger partial charge < -0.3 is 15.9 Å². The summed E-state index contributed by atoms with van der Waals surface area (Å²) in [7, 11) is 0. The number of hydrogen-bond acceptors (Lipinski definition) is 4. The maximum Gasteiger partial charge on any atom is 0.239 e. The second-order valence-corrected chi connectivity index (χ2v) is 4.02. The Morgan fingerprint density at radius 2 is 2.06 bits per heavy atom. The van der Waals surface area contributed by atoms with Gasteiger partial charge in [-0.3, -0.25) is 10.1 Å². The van der Waals surface area contributed by atoms with E-state index in [0.717, 1.165) is 12.8 Å². The number of benzene rings is 1. The van der Waals surface area contributed by atoms with Crippen molar-refractivity contribution in [3.8, 4) is 11.5 Å². The Morgan fingerprint density at radius 1 is 1.38 bits per heavy atom. The molecular weight excluding hydrogens is 208 g/mol. The van der Waals surface area contributed by atoms with E-state index in [4.69, 9.17) is 5.73 Å². The van der Waals surface area contributed by atoms with Crippen LogP contribution in [0.15, 0.2) is 18.2 Å². The van der Waals surface area contributed by atoms with Crippen LogP contribution in [0.1, 0.15) is 24.4 Å². The minimum Gasteiger partial charge on any atom is -0.504 e. The second kappa shape index (κ2) is 4.02. The number of phenols is 2. The monoisotopic (exact) mass is 222 g/mol. The Morgan fingerprint density at radius 3 is 2.56 bits per heavy atom. The Bertz CT molecular complexity index is 416. The van der Waals surface area contributed by atoms with Gasteiger partial charge in [0.1, 0.15) is 6.04 Å². The molecule has 1 aromatic rings. The number of hydrogen-bond donors (Lipinski definition) is 4. The molecule has 0 radical (unpaired) electrons. The van der Waals surface area contributed by atoms with E-state index in [2.05, 4.69) is 5.32 Å². The summed E-state index contributed by atoms with van der Waals surface area (Å²) in [4.78, 5) is 11.3. The average Bonchev–Trinajstić information content (AvgIpc) is 3.02. The summed E-state index contributed by atoms with van der Waals surface area (Å²) in [5, 5.41) is 21.6. The largest absolute Gasteiger partial charge is 0.504 e. The van der Waals surface area contributed by atoms with Crippen LogP contribution in [0.25, 0.3) is 0 Å². The highest BCUT2D eigenvalue weighted by Crippen LogP contribution is 2.29. The molecule has 0 heterocycles. The van der Waals surface area contributed by atoms with Crippen molar-refractivity contribution in [2.45, 2.75) is 24.9 Å². The van der Waals surface area contributed by atoms with E-state index in [1.54, 1.807) is 6.07 Å². The summed E-state index contributed by atoms with van der Waals surface area (Å²) in [6.45, 7) is 0. The van der Waals surface area contributed by atoms with Crippen molar-refractivity contribution in [1.82, 2.24) is 5.32 Å². The number of amides is 1. The average molecular weight is 222 g/mol. The molecule has 1 aliphatic rings. The number of carbonyl (C=O) groups excluding carboxylic acids is 1. The van der Waals surface area contributed by atoms with Crippen LogP contribution in [0.4, 0.5) is 0 Å². The summed E-state index contributed by atoms with van der Waals surface area (Å²) in [5.74, 6) is -0.947. The molecule has 1 fully saturated rings. The molecule has 0 aliphatic heterocycles. The van der Waals surface area contributed by atoms with Gasteiger partial charge in [-0.25, -0.2) is 0 Å². The van der Waals surface area contributed by atoms with Crippen LogP contribution in [-0.4, -0.2) is 22.2 Å². The lowest BCUT2D eigenvalue weighted by Gasteiger charge is -2.15. The highest BCUT2D eigenvalue weighted by Gasteiger charge is 2.28. The van der Waals surface area contributed by atoms with Crippen molar-refractivity contribution < 1.29 is 15.0 Å². The van der Waals surface area contributed by atoms with Crippen molar-refractivity contribution in [2.24, 2.45) is 5.73 Å². The molecule has 1 atom stereocenters. The zero-order valence-electron chi connectivity index (χ0n) is 8.68. The summed E-state index contributed by atoms with van der Waals surface area (Å²) >= 11 is 0. The quantitative estimate of drug-likeness (QED) is 0.554. The molecule has 1 aliphatic carbocycles. The molecule has 1 unspecified atom stereocenters. The normalized spacial score (nSPS) is 17.0. The van der Waals surface area contributed by atoms with Gasteiger partial charge in [-0.15, -0.1) is 0 Å². The van der Waals surface area contributed by atoms with E-state index in [1.165, 1.54) is 12.1 Å². The van der Waals surface area contributed by atoms with Gasteiger partial charge in [0.05, 0.1) is 0 Å². The fraction of sp³-hybridized carbons (Fsp3) is 0.364. The van der Waals surface area contributed by atoms with E-state index in [0.29, 0.717) is 11.6 Å². The maximum absolute atomic E-state index is 11.3. The van der Waals surface area contributed by atoms with E-state index < -0.39 is 11.9 Å². The van der Waals surface area contributed by atoms with Crippen LogP contribution in [0.3, 0.4) is 0 Å². The first-order valence-electron chi connectivity index (χ1n) is 5.15. The molecule has 1 saturated carbocycles. The van der Waals surface area contributed by atoms with Gasteiger partial charge in [-0.2, -0.15) is 0 Å². The van der Waals surface area contributed by atoms with Crippen LogP contribution >= 0.6 is 0 Å². The van der Waals surface area contributed by atoms with Crippen molar-refractivity contribution in [3.05, 3.63) is 23.8 Å². The third kappa shape index (κ3) is 2.25. The third-order valence-corrected chi connectivity index (χ3v) is 2.60. The third-order valence-electron chi connectivity index (χ3n) is 2.60. The molecule has 86 valence electrons. The lowest BCUT2D eigenvalue weighted by atomic mass is 10.1. The number of primary amides is 1. The number of carbonyl (C=O) groups is 1. The van der Waals surface area contributed by atoms with Crippen molar-refractivity contribution in [3.63, 3.8) is 0 Å². The van der Waals surface area contributed by atoms with Gasteiger partial charge in [0, 0.05) is 6.04 Å². The molecule has 0 spiro atoms. The van der Waals surface area contributed by atoms with Crippen LogP contribution in [0.2, 0.25) is 0 Å². The lowest BCUT2D eigenvalue weighted by Crippen LogP contribution is -2.34. The van der Waals surface area contributed by atoms with Crippen molar-refractivity contribution >= 4 is 5.91 Å². The van der Waals surface area contributed by atoms with Crippen LogP contribution in [-0.2, 0) is 4.79 Å². The summed E-state index contributed by atoms with van der Waals surface area (Å²) in [6, 6.07) is 3.97. The fourth-order valence-corrected chi connectivity index (χ4v) is 1.55. The standard InChI is InChI=1S/C11H14N2O3/c12-11(16)10(13-7-2-3-7)6-1-4-8(14)9(15)5-6/h1,4-5,7,10,13-15H,2-3H2,(H2,12,16). The molecule has 16 heavy (non-hydrogen) atoms. The Balaban J connectivity index is 2.22. The van der Waals surface area contributed by atoms with Gasteiger partial charge >= 0.3 is 0 Å². The first-order chi connectivity index (χ1) is 7.58. The predicted molar refractivity (Wildman–Crippen MR) is 57.9 cm³/mol. The minimum atomic E-state index is -0.612. The van der Waals surface area contributed by atoms with E-state index >= 15 is 0 Å². The first-order valence-corrected chi connectivity index (χ1v) is 5.15. The Labute approximate surface area is 92.9 Å². The molecule has 5 N–H and O–H groups in total. The summed E-state index contributed by atoms with van der Waals surface area (Å²) in [5.41, 5.74) is 5.85. The Hall–Kier alpha value is -1.75. The second-order valence-electron chi connectivity index (χ2n) is 4.02. The maximum atomic E-state index is 11.3. The molecule has 5 nitrogen and oxygen atoms in total. The van der Waals surface area contributed by atoms with Gasteiger partial charge in [-0.05, 0) is 30.5 Å². The molecular formula is C11H14N2O3. The summed E-state index contributed by atoms with van der Waals surface area (Å²) in [6.07, 6.45) is 2.07. The Kier molecular flexibility index (Phi) is 2.70. The first kappa shape index (κ1) is 10.8. The smallest absolute Gasteiger partial charge is 0.239 e. The van der Waals surface area contributed by atoms with E-state index in [1.807, 2.05) is 0 Å². The fourth-order valence-electron chi connectivity index (χ4n) is 1.55. The molecule has 0 aromatic heterocycles. The number of aromatic hydroxyl groups is 2. The molecule has 5 heteroatoms. The van der Waals surface area contributed by atoms with Crippen LogP contribution < -0.4 is 11.1 Å². The molecule has 0 bridgehead atoms. The van der Waals surface area contributed by atoms with Gasteiger partial charge in [0.2, 0.25) is 5.91 Å². The van der Waals surface area contributed by atoms with Gasteiger partial charge in [0.25, 0.3) is 0 Å². The zero-order chi connectivity index (χ0) is 11.7. The molecule has 0 saturated heterocycles. The number of phenolic OH excluding ortho intramolecular Hbond substituents is 2. The molecule has 1 amide bonds. The van der Waals surface area contributed by atoms with E-state index in [9.17, 15) is 15.0 Å². The number of rotatable bonds is 4. The van der Waals surface area contributed by atoms with Gasteiger partial charge in [-0.1, -0.05) is 6.07 Å².